The second kappa shape index (κ2) is 5.82. The van der Waals surface area contributed by atoms with E-state index in [0.29, 0.717) is 0 Å². The molecule has 1 aromatic carbocycles. The van der Waals surface area contributed by atoms with Crippen molar-refractivity contribution in [3.8, 4) is 0 Å². The Labute approximate surface area is 126 Å². The van der Waals surface area contributed by atoms with Gasteiger partial charge in [-0.1, -0.05) is 0 Å². The Kier molecular flexibility index (Phi) is 3.87. The van der Waals surface area contributed by atoms with E-state index in [4.69, 9.17) is 0 Å². The van der Waals surface area contributed by atoms with Crippen LogP contribution in [0.2, 0.25) is 0 Å². The number of hydrogen-bond donors (Lipinski definition) is 0. The Morgan fingerprint density at radius 3 is 2.05 bits per heavy atom. The normalized spacial score (nSPS) is 16.0. The van der Waals surface area contributed by atoms with E-state index in [9.17, 15) is 13.2 Å². The summed E-state index contributed by atoms with van der Waals surface area (Å²) in [4.78, 5) is 12.5. The summed E-state index contributed by atoms with van der Waals surface area (Å²) in [7, 11) is 0. The van der Waals surface area contributed by atoms with Gasteiger partial charge in [0.1, 0.15) is 5.82 Å². The van der Waals surface area contributed by atoms with Crippen LogP contribution in [0.5, 0.6) is 0 Å². The number of nitrogens with zero attached hydrogens (tertiary/aromatic N) is 4. The van der Waals surface area contributed by atoms with E-state index in [1.54, 1.807) is 18.6 Å². The number of hydrogen-bond acceptors (Lipinski definition) is 4. The Morgan fingerprint density at radius 2 is 1.50 bits per heavy atom. The van der Waals surface area contributed by atoms with Crippen molar-refractivity contribution in [3.05, 3.63) is 48.4 Å². The van der Waals surface area contributed by atoms with E-state index in [-0.39, 0.29) is 0 Å². The Hall–Kier alpha value is -2.31. The molecule has 1 saturated heterocycles. The van der Waals surface area contributed by atoms with Crippen LogP contribution < -0.4 is 9.80 Å². The van der Waals surface area contributed by atoms with Gasteiger partial charge in [-0.25, -0.2) is 4.98 Å². The third-order valence-corrected chi connectivity index (χ3v) is 3.71. The predicted octanol–water partition coefficient (Wildman–Crippen LogP) is 2.82. The number of alkyl halides is 3. The summed E-state index contributed by atoms with van der Waals surface area (Å²) in [6.07, 6.45) is 0.705. The van der Waals surface area contributed by atoms with Gasteiger partial charge in [0.05, 0.1) is 11.8 Å². The molecule has 7 heteroatoms. The maximum Gasteiger partial charge on any atom is 0.416 e. The van der Waals surface area contributed by atoms with Crippen molar-refractivity contribution >= 4 is 11.5 Å². The highest BCUT2D eigenvalue weighted by Gasteiger charge is 2.30. The maximum absolute atomic E-state index is 12.6. The van der Waals surface area contributed by atoms with Crippen LogP contribution in [0.1, 0.15) is 5.56 Å². The molecule has 1 aliphatic rings. The number of piperazine rings is 1. The SMILES string of the molecule is FC(F)(F)c1ccc(N2CCN(c3cnccn3)CC2)cc1. The fraction of sp³-hybridized carbons (Fsp3) is 0.333. The molecule has 4 nitrogen and oxygen atoms in total. The van der Waals surface area contributed by atoms with E-state index in [1.165, 1.54) is 12.1 Å². The van der Waals surface area contributed by atoms with Crippen LogP contribution in [-0.2, 0) is 6.18 Å². The van der Waals surface area contributed by atoms with Crippen LogP contribution in [0.15, 0.2) is 42.9 Å². The van der Waals surface area contributed by atoms with Gasteiger partial charge in [0.25, 0.3) is 0 Å². The topological polar surface area (TPSA) is 32.3 Å². The first-order valence-electron chi connectivity index (χ1n) is 6.97. The summed E-state index contributed by atoms with van der Waals surface area (Å²) in [5.74, 6) is 0.828. The molecule has 2 aromatic rings. The van der Waals surface area contributed by atoms with Crippen LogP contribution in [0.3, 0.4) is 0 Å². The van der Waals surface area contributed by atoms with Crippen molar-refractivity contribution in [2.45, 2.75) is 6.18 Å². The van der Waals surface area contributed by atoms with Crippen LogP contribution in [-0.4, -0.2) is 36.1 Å². The second-order valence-electron chi connectivity index (χ2n) is 5.08. The highest BCUT2D eigenvalue weighted by Crippen LogP contribution is 2.30. The molecule has 2 heterocycles. The van der Waals surface area contributed by atoms with Crippen molar-refractivity contribution in [2.75, 3.05) is 36.0 Å². The van der Waals surface area contributed by atoms with E-state index >= 15 is 0 Å². The molecule has 1 aromatic heterocycles. The first-order chi connectivity index (χ1) is 10.5. The van der Waals surface area contributed by atoms with Gasteiger partial charge in [0.2, 0.25) is 0 Å². The summed E-state index contributed by atoms with van der Waals surface area (Å²) < 4.78 is 37.7. The minimum Gasteiger partial charge on any atom is -0.368 e. The molecule has 0 unspecified atom stereocenters. The fourth-order valence-electron chi connectivity index (χ4n) is 2.51. The lowest BCUT2D eigenvalue weighted by Crippen LogP contribution is -2.46. The molecule has 0 aliphatic carbocycles. The quantitative estimate of drug-likeness (QED) is 0.854. The average Bonchev–Trinajstić information content (AvgIpc) is 2.55. The molecule has 0 spiro atoms. The maximum atomic E-state index is 12.6. The Morgan fingerprint density at radius 1 is 0.864 bits per heavy atom. The molecule has 0 saturated carbocycles. The molecule has 3 rings (SSSR count). The third-order valence-electron chi connectivity index (χ3n) is 3.71. The molecule has 0 N–H and O–H groups in total. The average molecular weight is 308 g/mol. The zero-order valence-corrected chi connectivity index (χ0v) is 11.8. The summed E-state index contributed by atoms with van der Waals surface area (Å²) in [6.45, 7) is 3.00. The molecule has 0 bridgehead atoms. The lowest BCUT2D eigenvalue weighted by atomic mass is 10.1. The molecule has 0 radical (unpaired) electrons. The third kappa shape index (κ3) is 3.13. The Balaban J connectivity index is 1.64. The van der Waals surface area contributed by atoms with E-state index < -0.39 is 11.7 Å². The van der Waals surface area contributed by atoms with Crippen LogP contribution >= 0.6 is 0 Å². The number of anilines is 2. The van der Waals surface area contributed by atoms with Gasteiger partial charge in [-0.05, 0) is 24.3 Å². The molecule has 0 atom stereocenters. The van der Waals surface area contributed by atoms with Gasteiger partial charge in [-0.15, -0.1) is 0 Å². The first kappa shape index (κ1) is 14.6. The zero-order chi connectivity index (χ0) is 15.6. The molecule has 22 heavy (non-hydrogen) atoms. The number of rotatable bonds is 2. The zero-order valence-electron chi connectivity index (χ0n) is 11.8. The largest absolute Gasteiger partial charge is 0.416 e. The number of aromatic nitrogens is 2. The highest BCUT2D eigenvalue weighted by molar-refractivity contribution is 5.50. The van der Waals surface area contributed by atoms with Crippen molar-refractivity contribution in [2.24, 2.45) is 0 Å². The van der Waals surface area contributed by atoms with Gasteiger partial charge in [0, 0.05) is 44.3 Å². The van der Waals surface area contributed by atoms with Crippen molar-refractivity contribution in [3.63, 3.8) is 0 Å². The summed E-state index contributed by atoms with van der Waals surface area (Å²) in [5, 5.41) is 0. The van der Waals surface area contributed by atoms with Gasteiger partial charge in [-0.2, -0.15) is 13.2 Å². The van der Waals surface area contributed by atoms with E-state index in [0.717, 1.165) is 49.8 Å². The monoisotopic (exact) mass is 308 g/mol. The van der Waals surface area contributed by atoms with Crippen molar-refractivity contribution in [1.29, 1.82) is 0 Å². The smallest absolute Gasteiger partial charge is 0.368 e. The first-order valence-corrected chi connectivity index (χ1v) is 6.97. The van der Waals surface area contributed by atoms with Gasteiger partial charge >= 0.3 is 6.18 Å². The van der Waals surface area contributed by atoms with Gasteiger partial charge in [0.15, 0.2) is 0 Å². The van der Waals surface area contributed by atoms with Crippen LogP contribution in [0.4, 0.5) is 24.7 Å². The minimum atomic E-state index is -4.29. The molecular formula is C15H15F3N4. The molecule has 0 amide bonds. The lowest BCUT2D eigenvalue weighted by Gasteiger charge is -2.36. The highest BCUT2D eigenvalue weighted by atomic mass is 19.4. The summed E-state index contributed by atoms with van der Waals surface area (Å²) in [6, 6.07) is 5.32. The summed E-state index contributed by atoms with van der Waals surface area (Å²) in [5.41, 5.74) is 0.196. The lowest BCUT2D eigenvalue weighted by molar-refractivity contribution is -0.137. The van der Waals surface area contributed by atoms with Crippen molar-refractivity contribution < 1.29 is 13.2 Å². The standard InChI is InChI=1S/C15H15F3N4/c16-15(17,18)12-1-3-13(4-2-12)21-7-9-22(10-8-21)14-11-19-5-6-20-14/h1-6,11H,7-10H2. The van der Waals surface area contributed by atoms with Crippen molar-refractivity contribution in [1.82, 2.24) is 9.97 Å². The molecule has 116 valence electrons. The Bertz CT molecular complexity index is 605. The number of benzene rings is 1. The van der Waals surface area contributed by atoms with Gasteiger partial charge in [-0.3, -0.25) is 4.98 Å². The minimum absolute atomic E-state index is 0.616. The second-order valence-corrected chi connectivity index (χ2v) is 5.08. The van der Waals surface area contributed by atoms with E-state index in [2.05, 4.69) is 19.8 Å². The molecule has 1 fully saturated rings. The molecular weight excluding hydrogens is 293 g/mol. The van der Waals surface area contributed by atoms with Crippen LogP contribution in [0, 0.1) is 0 Å². The fourth-order valence-corrected chi connectivity index (χ4v) is 2.51. The van der Waals surface area contributed by atoms with Gasteiger partial charge < -0.3 is 9.80 Å². The predicted molar refractivity (Wildman–Crippen MR) is 77.9 cm³/mol. The van der Waals surface area contributed by atoms with Crippen LogP contribution in [0.25, 0.3) is 0 Å². The molecule has 1 aliphatic heterocycles. The van der Waals surface area contributed by atoms with E-state index in [1.807, 2.05) is 0 Å². The number of halogens is 3. The summed E-state index contributed by atoms with van der Waals surface area (Å²) >= 11 is 0.